The van der Waals surface area contributed by atoms with Crippen molar-refractivity contribution in [2.24, 2.45) is 11.8 Å². The summed E-state index contributed by atoms with van der Waals surface area (Å²) in [6.45, 7) is 7.86. The molecule has 0 N–H and O–H groups in total. The fourth-order valence-electron chi connectivity index (χ4n) is 4.11. The summed E-state index contributed by atoms with van der Waals surface area (Å²) >= 11 is 2.88. The number of thioether (sulfide) groups is 2. The fraction of sp³-hybridized carbons (Fsp3) is 0.583. The van der Waals surface area contributed by atoms with Crippen molar-refractivity contribution < 1.29 is 9.59 Å². The van der Waals surface area contributed by atoms with E-state index in [1.165, 1.54) is 23.5 Å². The van der Waals surface area contributed by atoms with Crippen LogP contribution in [0.2, 0.25) is 0 Å². The molecule has 3 heterocycles. The van der Waals surface area contributed by atoms with Crippen molar-refractivity contribution in [1.29, 1.82) is 0 Å². The van der Waals surface area contributed by atoms with Gasteiger partial charge in [0.15, 0.2) is 0 Å². The van der Waals surface area contributed by atoms with Gasteiger partial charge in [0.25, 0.3) is 0 Å². The van der Waals surface area contributed by atoms with Gasteiger partial charge in [-0.15, -0.1) is 0 Å². The maximum absolute atomic E-state index is 12.7. The number of rotatable bonds is 6. The molecule has 2 fully saturated rings. The number of hydrogen-bond donors (Lipinski definition) is 0. The average Bonchev–Trinajstić information content (AvgIpc) is 2.81. The van der Waals surface area contributed by atoms with Crippen LogP contribution in [0.5, 0.6) is 0 Å². The van der Waals surface area contributed by atoms with Crippen molar-refractivity contribution in [3.8, 4) is 0 Å². The normalized spacial score (nSPS) is 18.3. The van der Waals surface area contributed by atoms with Crippen LogP contribution in [-0.4, -0.2) is 69.3 Å². The first-order chi connectivity index (χ1) is 15.5. The van der Waals surface area contributed by atoms with E-state index in [1.54, 1.807) is 0 Å². The lowest BCUT2D eigenvalue weighted by Crippen LogP contribution is -2.39. The van der Waals surface area contributed by atoms with Gasteiger partial charge in [-0.1, -0.05) is 49.5 Å². The SMILES string of the molecule is CC1CCN(C(=O)CSc2nc3ccccc3nc2SCC(=O)N2CCC(C)CC2)CC1. The van der Waals surface area contributed by atoms with E-state index in [9.17, 15) is 9.59 Å². The molecule has 6 nitrogen and oxygen atoms in total. The summed E-state index contributed by atoms with van der Waals surface area (Å²) in [5, 5.41) is 1.49. The van der Waals surface area contributed by atoms with Crippen LogP contribution in [0, 0.1) is 11.8 Å². The number of aromatic nitrogens is 2. The number of hydrogen-bond acceptors (Lipinski definition) is 6. The van der Waals surface area contributed by atoms with Gasteiger partial charge in [-0.3, -0.25) is 9.59 Å². The van der Waals surface area contributed by atoms with E-state index in [1.807, 2.05) is 34.1 Å². The van der Waals surface area contributed by atoms with Crippen molar-refractivity contribution >= 4 is 46.4 Å². The molecule has 2 saturated heterocycles. The predicted molar refractivity (Wildman–Crippen MR) is 131 cm³/mol. The number of nitrogens with zero attached hydrogens (tertiary/aromatic N) is 4. The van der Waals surface area contributed by atoms with Gasteiger partial charge < -0.3 is 9.80 Å². The number of piperidine rings is 2. The van der Waals surface area contributed by atoms with Crippen LogP contribution in [0.15, 0.2) is 34.3 Å². The highest BCUT2D eigenvalue weighted by molar-refractivity contribution is 8.02. The number of para-hydroxylation sites is 2. The molecule has 2 amide bonds. The zero-order valence-corrected chi connectivity index (χ0v) is 20.6. The van der Waals surface area contributed by atoms with Crippen molar-refractivity contribution in [2.45, 2.75) is 49.6 Å². The van der Waals surface area contributed by atoms with Gasteiger partial charge >= 0.3 is 0 Å². The van der Waals surface area contributed by atoms with Crippen LogP contribution < -0.4 is 0 Å². The van der Waals surface area contributed by atoms with E-state index >= 15 is 0 Å². The Morgan fingerprint density at radius 3 is 1.53 bits per heavy atom. The molecule has 8 heteroatoms. The lowest BCUT2D eigenvalue weighted by Gasteiger charge is -2.30. The highest BCUT2D eigenvalue weighted by Gasteiger charge is 2.23. The molecule has 0 bridgehead atoms. The summed E-state index contributed by atoms with van der Waals surface area (Å²) in [6.07, 6.45) is 4.30. The molecule has 2 aromatic rings. The summed E-state index contributed by atoms with van der Waals surface area (Å²) in [7, 11) is 0. The molecular weight excluding hydrogens is 440 g/mol. The zero-order valence-electron chi connectivity index (χ0n) is 19.0. The largest absolute Gasteiger partial charge is 0.342 e. The van der Waals surface area contributed by atoms with Crippen molar-refractivity contribution in [2.75, 3.05) is 37.7 Å². The van der Waals surface area contributed by atoms with Crippen LogP contribution in [0.4, 0.5) is 0 Å². The number of likely N-dealkylation sites (tertiary alicyclic amines) is 2. The molecule has 1 aromatic heterocycles. The van der Waals surface area contributed by atoms with E-state index in [0.717, 1.165) is 72.9 Å². The number of amides is 2. The Morgan fingerprint density at radius 1 is 0.781 bits per heavy atom. The molecule has 0 atom stereocenters. The average molecular weight is 473 g/mol. The smallest absolute Gasteiger partial charge is 0.232 e. The molecule has 1 aromatic carbocycles. The first kappa shape index (κ1) is 23.4. The standard InChI is InChI=1S/C24H32N4O2S2/c1-17-7-11-27(12-8-17)21(29)15-31-23-24(26-20-6-4-3-5-19(20)25-23)32-16-22(30)28-13-9-18(2)10-14-28/h3-6,17-18H,7-16H2,1-2H3. The van der Waals surface area contributed by atoms with Crippen LogP contribution in [0.25, 0.3) is 11.0 Å². The first-order valence-electron chi connectivity index (χ1n) is 11.6. The van der Waals surface area contributed by atoms with Crippen LogP contribution in [0.3, 0.4) is 0 Å². The van der Waals surface area contributed by atoms with Crippen LogP contribution in [0.1, 0.15) is 39.5 Å². The molecule has 0 spiro atoms. The maximum Gasteiger partial charge on any atom is 0.232 e. The highest BCUT2D eigenvalue weighted by atomic mass is 32.2. The maximum atomic E-state index is 12.7. The van der Waals surface area contributed by atoms with Crippen molar-refractivity contribution in [1.82, 2.24) is 19.8 Å². The molecule has 172 valence electrons. The molecule has 0 saturated carbocycles. The second kappa shape index (κ2) is 10.9. The van der Waals surface area contributed by atoms with Gasteiger partial charge in [-0.2, -0.15) is 0 Å². The first-order valence-corrected chi connectivity index (χ1v) is 13.5. The predicted octanol–water partition coefficient (Wildman–Crippen LogP) is 4.33. The molecule has 2 aliphatic rings. The van der Waals surface area contributed by atoms with E-state index in [0.29, 0.717) is 23.3 Å². The Bertz CT molecular complexity index is 878. The third-order valence-electron chi connectivity index (χ3n) is 6.45. The Morgan fingerprint density at radius 2 is 1.16 bits per heavy atom. The summed E-state index contributed by atoms with van der Waals surface area (Å²) in [6, 6.07) is 7.77. The zero-order chi connectivity index (χ0) is 22.5. The highest BCUT2D eigenvalue weighted by Crippen LogP contribution is 2.31. The third kappa shape index (κ3) is 5.95. The summed E-state index contributed by atoms with van der Waals surface area (Å²) in [5.41, 5.74) is 1.63. The van der Waals surface area contributed by atoms with Gasteiger partial charge in [-0.25, -0.2) is 9.97 Å². The minimum absolute atomic E-state index is 0.159. The van der Waals surface area contributed by atoms with Gasteiger partial charge in [-0.05, 0) is 49.7 Å². The van der Waals surface area contributed by atoms with E-state index in [4.69, 9.17) is 9.97 Å². The van der Waals surface area contributed by atoms with Crippen LogP contribution >= 0.6 is 23.5 Å². The van der Waals surface area contributed by atoms with Gasteiger partial charge in [0, 0.05) is 26.2 Å². The van der Waals surface area contributed by atoms with Gasteiger partial charge in [0.2, 0.25) is 11.8 Å². The topological polar surface area (TPSA) is 66.4 Å². The summed E-state index contributed by atoms with van der Waals surface area (Å²) < 4.78 is 0. The molecule has 32 heavy (non-hydrogen) atoms. The lowest BCUT2D eigenvalue weighted by molar-refractivity contribution is -0.130. The summed E-state index contributed by atoms with van der Waals surface area (Å²) in [5.74, 6) is 2.42. The van der Waals surface area contributed by atoms with Crippen molar-refractivity contribution in [3.05, 3.63) is 24.3 Å². The Hall–Kier alpha value is -1.80. The van der Waals surface area contributed by atoms with E-state index in [-0.39, 0.29) is 11.8 Å². The second-order valence-electron chi connectivity index (χ2n) is 9.03. The van der Waals surface area contributed by atoms with E-state index in [2.05, 4.69) is 13.8 Å². The number of carbonyl (C=O) groups excluding carboxylic acids is 2. The van der Waals surface area contributed by atoms with Gasteiger partial charge in [0.05, 0.1) is 22.5 Å². The monoisotopic (exact) mass is 472 g/mol. The van der Waals surface area contributed by atoms with Gasteiger partial charge in [0.1, 0.15) is 10.1 Å². The summed E-state index contributed by atoms with van der Waals surface area (Å²) in [4.78, 5) is 39.0. The van der Waals surface area contributed by atoms with Crippen LogP contribution in [-0.2, 0) is 9.59 Å². The lowest BCUT2D eigenvalue weighted by atomic mass is 9.99. The fourth-order valence-corrected chi connectivity index (χ4v) is 6.02. The molecular formula is C24H32N4O2S2. The Labute approximate surface area is 198 Å². The Balaban J connectivity index is 1.43. The molecule has 0 unspecified atom stereocenters. The third-order valence-corrected chi connectivity index (χ3v) is 8.47. The number of benzene rings is 1. The Kier molecular flexibility index (Phi) is 7.94. The number of carbonyl (C=O) groups is 2. The molecule has 4 rings (SSSR count). The van der Waals surface area contributed by atoms with E-state index < -0.39 is 0 Å². The van der Waals surface area contributed by atoms with Crippen molar-refractivity contribution in [3.63, 3.8) is 0 Å². The second-order valence-corrected chi connectivity index (χ2v) is 11.0. The minimum atomic E-state index is 0.159. The molecule has 0 radical (unpaired) electrons. The molecule has 0 aliphatic carbocycles. The minimum Gasteiger partial charge on any atom is -0.342 e. The molecule has 2 aliphatic heterocycles. The quantitative estimate of drug-likeness (QED) is 0.583. The number of fused-ring (bicyclic) bond motifs is 1.